The average molecular weight is 400 g/mol. The van der Waals surface area contributed by atoms with E-state index < -0.39 is 6.04 Å². The van der Waals surface area contributed by atoms with E-state index in [9.17, 15) is 9.59 Å². The molecule has 0 radical (unpaired) electrons. The first-order valence-electron chi connectivity index (χ1n) is 8.77. The van der Waals surface area contributed by atoms with Gasteiger partial charge in [-0.05, 0) is 30.7 Å². The van der Waals surface area contributed by atoms with Crippen LogP contribution in [0.15, 0.2) is 59.8 Å². The summed E-state index contributed by atoms with van der Waals surface area (Å²) >= 11 is 6.41. The van der Waals surface area contributed by atoms with Gasteiger partial charge in [-0.2, -0.15) is 0 Å². The zero-order valence-corrected chi connectivity index (χ0v) is 16.9. The minimum absolute atomic E-state index is 0.212. The first-order chi connectivity index (χ1) is 13.4. The molecular formula is C21H22ClN3O3. The number of hydrogen-bond acceptors (Lipinski definition) is 3. The summed E-state index contributed by atoms with van der Waals surface area (Å²) in [6, 6.07) is 13.6. The zero-order chi connectivity index (χ0) is 20.4. The first kappa shape index (κ1) is 19.8. The molecule has 1 aliphatic heterocycles. The average Bonchev–Trinajstić information content (AvgIpc) is 2.70. The molecule has 0 bridgehead atoms. The Morgan fingerprint density at radius 3 is 2.43 bits per heavy atom. The van der Waals surface area contributed by atoms with Gasteiger partial charge in [0.2, 0.25) is 0 Å². The second kappa shape index (κ2) is 7.94. The normalized spacial score (nSPS) is 17.0. The molecule has 0 saturated carbocycles. The second-order valence-corrected chi connectivity index (χ2v) is 6.94. The van der Waals surface area contributed by atoms with Crippen LogP contribution < -0.4 is 10.1 Å². The Hall–Kier alpha value is -2.99. The van der Waals surface area contributed by atoms with Gasteiger partial charge in [0.15, 0.2) is 0 Å². The number of carbonyl (C=O) groups excluding carboxylic acids is 2. The smallest absolute Gasteiger partial charge is 0.324 e. The third-order valence-corrected chi connectivity index (χ3v) is 5.29. The summed E-state index contributed by atoms with van der Waals surface area (Å²) in [5.74, 6) is 0.232. The number of hydrogen-bond donors (Lipinski definition) is 1. The number of anilines is 1. The minimum Gasteiger partial charge on any atom is -0.495 e. The fraction of sp³-hybridized carbons (Fsp3) is 0.238. The SMILES string of the molecule is COc1ccccc1NC(=O)C1=C(C)N(C)C(=O)N(C)[C@H]1c1ccccc1Cl. The van der Waals surface area contributed by atoms with Gasteiger partial charge in [-0.1, -0.05) is 41.9 Å². The maximum atomic E-state index is 13.3. The van der Waals surface area contributed by atoms with Crippen LogP contribution in [0.3, 0.4) is 0 Å². The Kier molecular flexibility index (Phi) is 5.61. The number of allylic oxidation sites excluding steroid dienone is 1. The Bertz CT molecular complexity index is 957. The quantitative estimate of drug-likeness (QED) is 0.833. The van der Waals surface area contributed by atoms with E-state index in [1.54, 1.807) is 46.3 Å². The van der Waals surface area contributed by atoms with E-state index in [4.69, 9.17) is 16.3 Å². The number of rotatable bonds is 4. The summed E-state index contributed by atoms with van der Waals surface area (Å²) in [6.07, 6.45) is 0. The Balaban J connectivity index is 2.09. The number of nitrogens with zero attached hydrogens (tertiary/aromatic N) is 2. The molecule has 3 rings (SSSR count). The Morgan fingerprint density at radius 2 is 1.75 bits per heavy atom. The van der Waals surface area contributed by atoms with Crippen molar-refractivity contribution in [3.8, 4) is 5.75 Å². The lowest BCUT2D eigenvalue weighted by Crippen LogP contribution is -2.47. The number of nitrogens with one attached hydrogen (secondary N) is 1. The molecule has 0 aliphatic carbocycles. The molecule has 2 aromatic rings. The highest BCUT2D eigenvalue weighted by Crippen LogP contribution is 2.39. The highest BCUT2D eigenvalue weighted by molar-refractivity contribution is 6.31. The molecule has 3 amide bonds. The van der Waals surface area contributed by atoms with Gasteiger partial charge >= 0.3 is 6.03 Å². The van der Waals surface area contributed by atoms with E-state index in [1.165, 1.54) is 9.80 Å². The van der Waals surface area contributed by atoms with Crippen LogP contribution in [-0.4, -0.2) is 42.9 Å². The first-order valence-corrected chi connectivity index (χ1v) is 9.14. The van der Waals surface area contributed by atoms with E-state index in [2.05, 4.69) is 5.32 Å². The monoisotopic (exact) mass is 399 g/mol. The minimum atomic E-state index is -0.605. The molecule has 28 heavy (non-hydrogen) atoms. The number of methoxy groups -OCH3 is 1. The molecule has 2 aromatic carbocycles. The number of likely N-dealkylation sites (N-methyl/N-ethyl adjacent to an activating group) is 1. The number of carbonyl (C=O) groups is 2. The van der Waals surface area contributed by atoms with Crippen molar-refractivity contribution in [2.24, 2.45) is 0 Å². The number of halogens is 1. The second-order valence-electron chi connectivity index (χ2n) is 6.53. The van der Waals surface area contributed by atoms with Gasteiger partial charge in [0.05, 0.1) is 24.4 Å². The maximum absolute atomic E-state index is 13.3. The highest BCUT2D eigenvalue weighted by Gasteiger charge is 2.39. The van der Waals surface area contributed by atoms with Gasteiger partial charge in [-0.25, -0.2) is 4.79 Å². The lowest BCUT2D eigenvalue weighted by atomic mass is 9.93. The predicted molar refractivity (Wildman–Crippen MR) is 109 cm³/mol. The van der Waals surface area contributed by atoms with Crippen molar-refractivity contribution in [3.05, 3.63) is 70.4 Å². The van der Waals surface area contributed by atoms with E-state index in [0.29, 0.717) is 33.3 Å². The molecule has 0 spiro atoms. The molecule has 1 atom stereocenters. The maximum Gasteiger partial charge on any atom is 0.324 e. The lowest BCUT2D eigenvalue weighted by Gasteiger charge is -2.40. The topological polar surface area (TPSA) is 61.9 Å². The van der Waals surface area contributed by atoms with Crippen molar-refractivity contribution in [1.82, 2.24) is 9.80 Å². The van der Waals surface area contributed by atoms with Gasteiger partial charge < -0.3 is 19.9 Å². The fourth-order valence-corrected chi connectivity index (χ4v) is 3.59. The molecule has 0 unspecified atom stereocenters. The summed E-state index contributed by atoms with van der Waals surface area (Å²) in [5, 5.41) is 3.40. The van der Waals surface area contributed by atoms with Crippen LogP contribution in [0.5, 0.6) is 5.75 Å². The highest BCUT2D eigenvalue weighted by atomic mass is 35.5. The van der Waals surface area contributed by atoms with Crippen molar-refractivity contribution in [1.29, 1.82) is 0 Å². The summed E-state index contributed by atoms with van der Waals surface area (Å²) < 4.78 is 5.32. The number of benzene rings is 2. The third kappa shape index (κ3) is 3.43. The summed E-state index contributed by atoms with van der Waals surface area (Å²) in [4.78, 5) is 29.0. The van der Waals surface area contributed by atoms with E-state index >= 15 is 0 Å². The Labute approximate surface area is 169 Å². The van der Waals surface area contributed by atoms with Gasteiger partial charge in [-0.15, -0.1) is 0 Å². The summed E-state index contributed by atoms with van der Waals surface area (Å²) in [6.45, 7) is 1.76. The Morgan fingerprint density at radius 1 is 1.11 bits per heavy atom. The molecule has 7 heteroatoms. The van der Waals surface area contributed by atoms with Crippen LogP contribution in [0.25, 0.3) is 0 Å². The standard InChI is InChI=1S/C21H22ClN3O3/c1-13-18(20(26)23-16-11-7-8-12-17(16)28-4)19(25(3)21(27)24(13)2)14-9-5-6-10-15(14)22/h5-12,19H,1-4H3,(H,23,26)/t19-/m0/s1. The van der Waals surface area contributed by atoms with Crippen molar-refractivity contribution in [2.75, 3.05) is 26.5 Å². The third-order valence-electron chi connectivity index (χ3n) is 4.94. The van der Waals surface area contributed by atoms with Gasteiger partial charge in [0.1, 0.15) is 5.75 Å². The van der Waals surface area contributed by atoms with Gasteiger partial charge in [-0.3, -0.25) is 4.79 Å². The van der Waals surface area contributed by atoms with Crippen LogP contribution in [0.2, 0.25) is 5.02 Å². The van der Waals surface area contributed by atoms with Crippen molar-refractivity contribution in [2.45, 2.75) is 13.0 Å². The molecule has 146 valence electrons. The molecule has 6 nitrogen and oxygen atoms in total. The molecule has 0 saturated heterocycles. The molecule has 1 aliphatic rings. The van der Waals surface area contributed by atoms with Crippen molar-refractivity contribution in [3.63, 3.8) is 0 Å². The zero-order valence-electron chi connectivity index (χ0n) is 16.2. The van der Waals surface area contributed by atoms with Gasteiger partial charge in [0.25, 0.3) is 5.91 Å². The van der Waals surface area contributed by atoms with E-state index in [1.807, 2.05) is 30.3 Å². The molecule has 1 heterocycles. The molecule has 0 aromatic heterocycles. The number of ether oxygens (including phenoxy) is 1. The van der Waals surface area contributed by atoms with Crippen LogP contribution in [0.1, 0.15) is 18.5 Å². The summed E-state index contributed by atoms with van der Waals surface area (Å²) in [5.41, 5.74) is 2.26. The van der Waals surface area contributed by atoms with Crippen LogP contribution >= 0.6 is 11.6 Å². The predicted octanol–water partition coefficient (Wildman–Crippen LogP) is 4.30. The largest absolute Gasteiger partial charge is 0.495 e. The number of urea groups is 1. The number of para-hydroxylation sites is 2. The van der Waals surface area contributed by atoms with Crippen molar-refractivity contribution < 1.29 is 14.3 Å². The lowest BCUT2D eigenvalue weighted by molar-refractivity contribution is -0.113. The van der Waals surface area contributed by atoms with Gasteiger partial charge in [0, 0.05) is 24.8 Å². The summed E-state index contributed by atoms with van der Waals surface area (Å²) in [7, 11) is 4.85. The van der Waals surface area contributed by atoms with Crippen molar-refractivity contribution >= 4 is 29.2 Å². The van der Waals surface area contributed by atoms with Crippen LogP contribution in [0, 0.1) is 0 Å². The fourth-order valence-electron chi connectivity index (χ4n) is 3.35. The number of amides is 3. The van der Waals surface area contributed by atoms with E-state index in [-0.39, 0.29) is 11.9 Å². The van der Waals surface area contributed by atoms with E-state index in [0.717, 1.165) is 0 Å². The molecular weight excluding hydrogens is 378 g/mol. The molecule has 0 fully saturated rings. The molecule has 1 N–H and O–H groups in total. The van der Waals surface area contributed by atoms with Crippen LogP contribution in [0.4, 0.5) is 10.5 Å². The van der Waals surface area contributed by atoms with Crippen LogP contribution in [-0.2, 0) is 4.79 Å².